The summed E-state index contributed by atoms with van der Waals surface area (Å²) in [5.74, 6) is 0.456. The number of nitrogens with one attached hydrogen (secondary N) is 2. The van der Waals surface area contributed by atoms with Gasteiger partial charge >= 0.3 is 0 Å². The van der Waals surface area contributed by atoms with Gasteiger partial charge in [-0.3, -0.25) is 4.79 Å². The molecule has 2 N–H and O–H groups in total. The number of amides is 1. The number of rotatable bonds is 4. The third-order valence-corrected chi connectivity index (χ3v) is 1.84. The monoisotopic (exact) mass is 247 g/mol. The van der Waals surface area contributed by atoms with Crippen molar-refractivity contribution in [3.8, 4) is 0 Å². The van der Waals surface area contributed by atoms with E-state index >= 15 is 0 Å². The van der Waals surface area contributed by atoms with Crippen molar-refractivity contribution in [2.24, 2.45) is 0 Å². The number of H-pyrrole nitrogens is 1. The molecule has 0 radical (unpaired) electrons. The number of carbonyl (C=O) groups excluding carboxylic acids is 1. The van der Waals surface area contributed by atoms with Crippen LogP contribution in [-0.4, -0.2) is 31.9 Å². The minimum Gasteiger partial charge on any atom is -0.346 e. The van der Waals surface area contributed by atoms with Crippen molar-refractivity contribution in [2.45, 2.75) is 19.4 Å². The molecule has 0 aromatic carbocycles. The summed E-state index contributed by atoms with van der Waals surface area (Å²) in [7, 11) is 0. The van der Waals surface area contributed by atoms with Gasteiger partial charge in [0.25, 0.3) is 0 Å². The topological polar surface area (TPSA) is 83.6 Å². The van der Waals surface area contributed by atoms with Gasteiger partial charge < -0.3 is 5.32 Å². The van der Waals surface area contributed by atoms with E-state index in [9.17, 15) is 4.79 Å². The van der Waals surface area contributed by atoms with Crippen LogP contribution in [0.4, 0.5) is 0 Å². The third-order valence-electron chi connectivity index (χ3n) is 1.45. The fraction of sp³-hybridized carbons (Fsp3) is 0.667. The first-order valence-electron chi connectivity index (χ1n) is 3.82. The molecule has 7 heteroatoms. The Morgan fingerprint density at radius 2 is 2.54 bits per heavy atom. The van der Waals surface area contributed by atoms with Gasteiger partial charge in [0.2, 0.25) is 5.91 Å². The zero-order valence-electron chi connectivity index (χ0n) is 7.12. The highest BCUT2D eigenvalue weighted by molar-refractivity contribution is 9.09. The summed E-state index contributed by atoms with van der Waals surface area (Å²) in [6.45, 7) is 1.80. The lowest BCUT2D eigenvalue weighted by molar-refractivity contribution is -0.121. The zero-order valence-corrected chi connectivity index (χ0v) is 8.71. The molecule has 1 aromatic heterocycles. The molecule has 0 fully saturated rings. The second-order valence-corrected chi connectivity index (χ2v) is 3.29. The number of hydrogen-bond acceptors (Lipinski definition) is 4. The standard InChI is InChI=1S/C6H10BrN5O/c1-4(6-9-11-12-10-6)8-5(13)2-3-7/h4H,2-3H2,1H3,(H,8,13)(H,9,10,11,12). The Morgan fingerprint density at radius 3 is 3.08 bits per heavy atom. The maximum absolute atomic E-state index is 11.1. The highest BCUT2D eigenvalue weighted by Crippen LogP contribution is 2.03. The molecule has 0 spiro atoms. The maximum Gasteiger partial charge on any atom is 0.221 e. The second kappa shape index (κ2) is 4.90. The number of tetrazole rings is 1. The second-order valence-electron chi connectivity index (χ2n) is 2.50. The van der Waals surface area contributed by atoms with Crippen LogP contribution in [0.5, 0.6) is 0 Å². The first kappa shape index (κ1) is 10.1. The van der Waals surface area contributed by atoms with Crippen LogP contribution < -0.4 is 5.32 Å². The Bertz CT molecular complexity index is 262. The van der Waals surface area contributed by atoms with Crippen molar-refractivity contribution in [2.75, 3.05) is 5.33 Å². The number of hydrogen-bond donors (Lipinski definition) is 2. The molecule has 6 nitrogen and oxygen atoms in total. The number of carbonyl (C=O) groups is 1. The molecule has 0 aliphatic heterocycles. The number of aromatic nitrogens is 4. The summed E-state index contributed by atoms with van der Waals surface area (Å²) in [5.41, 5.74) is 0. The summed E-state index contributed by atoms with van der Waals surface area (Å²) < 4.78 is 0. The molecular weight excluding hydrogens is 238 g/mol. The minimum absolute atomic E-state index is 0.0332. The Hall–Kier alpha value is -0.980. The molecule has 72 valence electrons. The summed E-state index contributed by atoms with van der Waals surface area (Å²) in [6, 6.07) is -0.203. The number of halogens is 1. The lowest BCUT2D eigenvalue weighted by Gasteiger charge is -2.08. The molecule has 1 amide bonds. The molecule has 1 rings (SSSR count). The van der Waals surface area contributed by atoms with E-state index in [2.05, 4.69) is 41.9 Å². The Morgan fingerprint density at radius 1 is 1.77 bits per heavy atom. The van der Waals surface area contributed by atoms with Gasteiger partial charge in [0.15, 0.2) is 5.82 Å². The molecule has 0 aliphatic rings. The molecule has 1 aromatic rings. The van der Waals surface area contributed by atoms with Crippen LogP contribution in [0.15, 0.2) is 0 Å². The molecule has 0 saturated carbocycles. The van der Waals surface area contributed by atoms with E-state index < -0.39 is 0 Å². The highest BCUT2D eigenvalue weighted by atomic mass is 79.9. The van der Waals surface area contributed by atoms with Crippen LogP contribution in [-0.2, 0) is 4.79 Å². The van der Waals surface area contributed by atoms with E-state index in [4.69, 9.17) is 0 Å². The lowest BCUT2D eigenvalue weighted by Crippen LogP contribution is -2.27. The van der Waals surface area contributed by atoms with E-state index in [-0.39, 0.29) is 11.9 Å². The van der Waals surface area contributed by atoms with Gasteiger partial charge in [-0.2, -0.15) is 5.21 Å². The molecular formula is C6H10BrN5O. The van der Waals surface area contributed by atoms with E-state index in [1.165, 1.54) is 0 Å². The molecule has 0 bridgehead atoms. The third kappa shape index (κ3) is 3.10. The van der Waals surface area contributed by atoms with Gasteiger partial charge in [-0.25, -0.2) is 0 Å². The Kier molecular flexibility index (Phi) is 3.81. The lowest BCUT2D eigenvalue weighted by atomic mass is 10.3. The van der Waals surface area contributed by atoms with E-state index in [1.54, 1.807) is 6.92 Å². The van der Waals surface area contributed by atoms with Gasteiger partial charge in [0.1, 0.15) is 0 Å². The van der Waals surface area contributed by atoms with Crippen molar-refractivity contribution in [3.05, 3.63) is 5.82 Å². The minimum atomic E-state index is -0.203. The fourth-order valence-electron chi connectivity index (χ4n) is 0.817. The number of alkyl halides is 1. The SMILES string of the molecule is CC(NC(=O)CCBr)c1nn[nH]n1. The van der Waals surface area contributed by atoms with Crippen LogP contribution in [0.1, 0.15) is 25.2 Å². The summed E-state index contributed by atoms with van der Waals surface area (Å²) in [6.07, 6.45) is 0.447. The van der Waals surface area contributed by atoms with Crippen molar-refractivity contribution >= 4 is 21.8 Å². The van der Waals surface area contributed by atoms with Crippen molar-refractivity contribution < 1.29 is 4.79 Å². The smallest absolute Gasteiger partial charge is 0.221 e. The van der Waals surface area contributed by atoms with Gasteiger partial charge in [0.05, 0.1) is 6.04 Å². The normalized spacial score (nSPS) is 12.5. The van der Waals surface area contributed by atoms with Crippen LogP contribution in [0.3, 0.4) is 0 Å². The quantitative estimate of drug-likeness (QED) is 0.743. The van der Waals surface area contributed by atoms with Crippen molar-refractivity contribution in [1.82, 2.24) is 25.9 Å². The summed E-state index contributed by atoms with van der Waals surface area (Å²) in [5, 5.41) is 16.6. The van der Waals surface area contributed by atoms with E-state index in [0.717, 1.165) is 0 Å². The highest BCUT2D eigenvalue weighted by Gasteiger charge is 2.12. The average Bonchev–Trinajstić information content (AvgIpc) is 2.55. The predicted octanol–water partition coefficient (Wildman–Crippen LogP) is 0.162. The van der Waals surface area contributed by atoms with Gasteiger partial charge in [-0.15, -0.1) is 10.2 Å². The number of nitrogens with zero attached hydrogens (tertiary/aromatic N) is 3. The first-order valence-corrected chi connectivity index (χ1v) is 4.95. The van der Waals surface area contributed by atoms with Crippen LogP contribution in [0, 0.1) is 0 Å². The summed E-state index contributed by atoms with van der Waals surface area (Å²) >= 11 is 3.18. The Labute approximate surface area is 83.6 Å². The largest absolute Gasteiger partial charge is 0.346 e. The van der Waals surface area contributed by atoms with E-state index in [1.807, 2.05) is 0 Å². The zero-order chi connectivity index (χ0) is 9.68. The molecule has 1 unspecified atom stereocenters. The molecule has 1 atom stereocenters. The van der Waals surface area contributed by atoms with Crippen molar-refractivity contribution in [3.63, 3.8) is 0 Å². The Balaban J connectivity index is 2.42. The van der Waals surface area contributed by atoms with Crippen LogP contribution in [0.25, 0.3) is 0 Å². The van der Waals surface area contributed by atoms with E-state index in [0.29, 0.717) is 17.6 Å². The fourth-order valence-corrected chi connectivity index (χ4v) is 1.18. The first-order chi connectivity index (χ1) is 6.24. The predicted molar refractivity (Wildman–Crippen MR) is 49.1 cm³/mol. The molecule has 1 heterocycles. The van der Waals surface area contributed by atoms with Crippen LogP contribution >= 0.6 is 15.9 Å². The summed E-state index contributed by atoms with van der Waals surface area (Å²) in [4.78, 5) is 11.1. The molecule has 13 heavy (non-hydrogen) atoms. The van der Waals surface area contributed by atoms with Gasteiger partial charge in [-0.05, 0) is 6.92 Å². The van der Waals surface area contributed by atoms with Crippen LogP contribution in [0.2, 0.25) is 0 Å². The molecule has 0 aliphatic carbocycles. The number of aromatic amines is 1. The van der Waals surface area contributed by atoms with Gasteiger partial charge in [0, 0.05) is 11.8 Å². The van der Waals surface area contributed by atoms with Crippen molar-refractivity contribution in [1.29, 1.82) is 0 Å². The average molecular weight is 248 g/mol. The molecule has 0 saturated heterocycles. The maximum atomic E-state index is 11.1. The van der Waals surface area contributed by atoms with Gasteiger partial charge in [-0.1, -0.05) is 21.1 Å².